The number of aromatic nitrogens is 6. The van der Waals surface area contributed by atoms with Gasteiger partial charge < -0.3 is 0 Å². The van der Waals surface area contributed by atoms with Crippen molar-refractivity contribution in [1.29, 1.82) is 0 Å². The van der Waals surface area contributed by atoms with Crippen molar-refractivity contribution in [2.24, 2.45) is 7.05 Å². The Labute approximate surface area is 260 Å². The molecule has 0 amide bonds. The van der Waals surface area contributed by atoms with Crippen LogP contribution in [0.4, 0.5) is 0 Å². The Morgan fingerprint density at radius 2 is 1.11 bits per heavy atom. The number of nitrogens with zero attached hydrogens (tertiary/aromatic N) is 6. The number of rotatable bonds is 9. The Kier molecular flexibility index (Phi) is 8.59. The van der Waals surface area contributed by atoms with Crippen LogP contribution in [0.5, 0.6) is 0 Å². The van der Waals surface area contributed by atoms with E-state index in [9.17, 15) is 0 Å². The zero-order valence-corrected chi connectivity index (χ0v) is 26.1. The van der Waals surface area contributed by atoms with Crippen molar-refractivity contribution >= 4 is 0 Å². The molecule has 6 heterocycles. The van der Waals surface area contributed by atoms with Crippen molar-refractivity contribution < 1.29 is 18.3 Å². The average Bonchev–Trinajstić information content (AvgIpc) is 3.03. The highest BCUT2D eigenvalue weighted by Crippen LogP contribution is 2.24. The van der Waals surface area contributed by atoms with E-state index in [1.165, 1.54) is 44.5 Å². The summed E-state index contributed by atoms with van der Waals surface area (Å²) >= 11 is 0. The van der Waals surface area contributed by atoms with Gasteiger partial charge in [-0.1, -0.05) is 0 Å². The molecule has 6 aromatic rings. The molecule has 0 aliphatic heterocycles. The van der Waals surface area contributed by atoms with Gasteiger partial charge in [-0.3, -0.25) is 9.97 Å². The van der Waals surface area contributed by atoms with Gasteiger partial charge in [0, 0.05) is 65.5 Å². The molecular weight excluding hydrogens is 540 g/mol. The lowest BCUT2D eigenvalue weighted by atomic mass is 9.99. The third-order valence-corrected chi connectivity index (χ3v) is 8.13. The molecule has 0 N–H and O–H groups in total. The van der Waals surface area contributed by atoms with Crippen molar-refractivity contribution in [2.75, 3.05) is 0 Å². The van der Waals surface area contributed by atoms with Crippen LogP contribution < -0.4 is 18.3 Å². The Bertz CT molecular complexity index is 1900. The Morgan fingerprint density at radius 1 is 0.568 bits per heavy atom. The zero-order chi connectivity index (χ0) is 30.5. The average molecular weight is 581 g/mol. The van der Waals surface area contributed by atoms with E-state index in [1.54, 1.807) is 0 Å². The molecule has 0 aliphatic rings. The van der Waals surface area contributed by atoms with E-state index in [4.69, 9.17) is 0 Å². The van der Waals surface area contributed by atoms with E-state index in [0.717, 1.165) is 37.4 Å². The summed E-state index contributed by atoms with van der Waals surface area (Å²) in [5, 5.41) is 0. The molecule has 0 spiro atoms. The van der Waals surface area contributed by atoms with E-state index in [2.05, 4.69) is 153 Å². The number of hydrogen-bond donors (Lipinski definition) is 0. The minimum absolute atomic E-state index is 0.780. The van der Waals surface area contributed by atoms with Crippen molar-refractivity contribution in [3.8, 4) is 33.6 Å². The first kappa shape index (κ1) is 29.0. The lowest BCUT2D eigenvalue weighted by molar-refractivity contribution is -0.727. The summed E-state index contributed by atoms with van der Waals surface area (Å²) in [4.78, 5) is 9.06. The molecule has 0 atom stereocenters. The molecule has 0 radical (unpaired) electrons. The Morgan fingerprint density at radius 3 is 1.77 bits per heavy atom. The maximum Gasteiger partial charge on any atom is 0.173 e. The van der Waals surface area contributed by atoms with Gasteiger partial charge in [-0.2, -0.15) is 0 Å². The number of hydrogen-bond acceptors (Lipinski definition) is 2. The predicted octanol–water partition coefficient (Wildman–Crippen LogP) is 5.23. The van der Waals surface area contributed by atoms with Gasteiger partial charge in [0.25, 0.3) is 0 Å². The van der Waals surface area contributed by atoms with Gasteiger partial charge in [-0.15, -0.1) is 0 Å². The molecule has 44 heavy (non-hydrogen) atoms. The second-order valence-corrected chi connectivity index (χ2v) is 11.7. The highest BCUT2D eigenvalue weighted by Gasteiger charge is 2.15. The normalized spacial score (nSPS) is 11.1. The van der Waals surface area contributed by atoms with Crippen molar-refractivity contribution in [3.05, 3.63) is 145 Å². The van der Waals surface area contributed by atoms with Crippen LogP contribution in [-0.4, -0.2) is 9.97 Å². The number of aryl methyl sites for hydroxylation is 6. The van der Waals surface area contributed by atoms with E-state index in [1.807, 2.05) is 25.5 Å². The van der Waals surface area contributed by atoms with Gasteiger partial charge in [0.2, 0.25) is 0 Å². The molecule has 0 unspecified atom stereocenters. The van der Waals surface area contributed by atoms with Crippen LogP contribution in [0.3, 0.4) is 0 Å². The van der Waals surface area contributed by atoms with Crippen molar-refractivity contribution in [1.82, 2.24) is 9.97 Å². The molecule has 0 saturated carbocycles. The first-order chi connectivity index (χ1) is 21.4. The van der Waals surface area contributed by atoms with Crippen LogP contribution in [0.25, 0.3) is 33.6 Å². The van der Waals surface area contributed by atoms with Gasteiger partial charge >= 0.3 is 0 Å². The Hall–Kier alpha value is -5.10. The summed E-state index contributed by atoms with van der Waals surface area (Å²) in [5.41, 5.74) is 11.8. The lowest BCUT2D eigenvalue weighted by Crippen LogP contribution is -2.38. The Balaban J connectivity index is 1.08. The maximum absolute atomic E-state index is 4.55. The van der Waals surface area contributed by atoms with Crippen LogP contribution in [0, 0.1) is 20.8 Å². The summed E-state index contributed by atoms with van der Waals surface area (Å²) in [6.45, 7) is 9.22. The van der Waals surface area contributed by atoms with Crippen molar-refractivity contribution in [2.45, 2.75) is 46.8 Å². The SMILES string of the molecule is Cc1ccnc(-c2cc(C[n+]3ccc(-c4cc[n+](CCC[n+]5ccc(-c6cc[n+](C)cc6)cc5)cc4C)c(C)c3)ccn2)c1. The molecule has 0 saturated heterocycles. The third kappa shape index (κ3) is 6.92. The highest BCUT2D eigenvalue weighted by molar-refractivity contribution is 5.68. The molecule has 0 fully saturated rings. The summed E-state index contributed by atoms with van der Waals surface area (Å²) in [5.74, 6) is 0. The molecular formula is C38H40N6+4. The second-order valence-electron chi connectivity index (χ2n) is 11.7. The van der Waals surface area contributed by atoms with Crippen LogP contribution in [-0.2, 0) is 26.7 Å². The predicted molar refractivity (Wildman–Crippen MR) is 171 cm³/mol. The molecule has 0 aromatic carbocycles. The fourth-order valence-electron chi connectivity index (χ4n) is 5.70. The zero-order valence-electron chi connectivity index (χ0n) is 26.1. The van der Waals surface area contributed by atoms with Crippen LogP contribution in [0.1, 0.15) is 28.7 Å². The van der Waals surface area contributed by atoms with E-state index in [-0.39, 0.29) is 0 Å². The first-order valence-electron chi connectivity index (χ1n) is 15.2. The summed E-state index contributed by atoms with van der Waals surface area (Å²) in [6, 6.07) is 21.5. The number of pyridine rings is 6. The fraction of sp³-hybridized carbons (Fsp3) is 0.211. The van der Waals surface area contributed by atoms with Crippen LogP contribution >= 0.6 is 0 Å². The highest BCUT2D eigenvalue weighted by atomic mass is 15.0. The van der Waals surface area contributed by atoms with Gasteiger partial charge in [-0.25, -0.2) is 18.3 Å². The topological polar surface area (TPSA) is 41.3 Å². The minimum Gasteiger partial charge on any atom is -0.255 e. The fourth-order valence-corrected chi connectivity index (χ4v) is 5.70. The monoisotopic (exact) mass is 580 g/mol. The van der Waals surface area contributed by atoms with Crippen LogP contribution in [0.2, 0.25) is 0 Å². The summed E-state index contributed by atoms with van der Waals surface area (Å²) < 4.78 is 8.87. The van der Waals surface area contributed by atoms with E-state index < -0.39 is 0 Å². The molecule has 6 rings (SSSR count). The standard InChI is InChI=1S/C38H40N6/c1-29-6-14-39-37(24-29)38-25-32(7-15-40-38)28-44-23-13-36(31(3)27-44)35-12-22-43(26-30(35)2)17-5-16-42-20-10-34(11-21-42)33-8-18-41(4)19-9-33/h6-15,18-27H,5,16-17,28H2,1-4H3/q+4. The quantitative estimate of drug-likeness (QED) is 0.220. The lowest BCUT2D eigenvalue weighted by Gasteiger charge is -2.09. The maximum atomic E-state index is 4.55. The molecule has 6 aromatic heterocycles. The van der Waals surface area contributed by atoms with Gasteiger partial charge in [0.15, 0.2) is 69.2 Å². The molecule has 0 bridgehead atoms. The summed E-state index contributed by atoms with van der Waals surface area (Å²) in [6.07, 6.45) is 22.2. The third-order valence-electron chi connectivity index (χ3n) is 8.13. The van der Waals surface area contributed by atoms with Crippen LogP contribution in [0.15, 0.2) is 123 Å². The van der Waals surface area contributed by atoms with E-state index >= 15 is 0 Å². The molecule has 6 heteroatoms. The largest absolute Gasteiger partial charge is 0.255 e. The molecule has 0 aliphatic carbocycles. The minimum atomic E-state index is 0.780. The van der Waals surface area contributed by atoms with Gasteiger partial charge in [-0.05, 0) is 72.9 Å². The van der Waals surface area contributed by atoms with Gasteiger partial charge in [0.05, 0.1) is 17.8 Å². The summed E-state index contributed by atoms with van der Waals surface area (Å²) in [7, 11) is 2.04. The smallest absolute Gasteiger partial charge is 0.173 e. The first-order valence-corrected chi connectivity index (χ1v) is 15.2. The second kappa shape index (κ2) is 13.0. The molecule has 218 valence electrons. The molecule has 6 nitrogen and oxygen atoms in total. The van der Waals surface area contributed by atoms with Gasteiger partial charge in [0.1, 0.15) is 7.05 Å². The van der Waals surface area contributed by atoms with Crippen molar-refractivity contribution in [3.63, 3.8) is 0 Å². The van der Waals surface area contributed by atoms with E-state index in [0.29, 0.717) is 0 Å².